The van der Waals surface area contributed by atoms with Gasteiger partial charge in [0.2, 0.25) is 10.0 Å². The van der Waals surface area contributed by atoms with Crippen LogP contribution in [0.3, 0.4) is 0 Å². The van der Waals surface area contributed by atoms with E-state index in [1.165, 1.54) is 0 Å². The first-order chi connectivity index (χ1) is 9.85. The molecule has 1 unspecified atom stereocenters. The van der Waals surface area contributed by atoms with E-state index in [0.29, 0.717) is 17.1 Å². The minimum absolute atomic E-state index is 0.356. The van der Waals surface area contributed by atoms with Gasteiger partial charge in [0.05, 0.1) is 10.9 Å². The molecule has 0 aliphatic carbocycles. The molecule has 1 aromatic heterocycles. The molecule has 0 radical (unpaired) electrons. The van der Waals surface area contributed by atoms with Crippen molar-refractivity contribution in [2.75, 3.05) is 0 Å². The van der Waals surface area contributed by atoms with Crippen LogP contribution in [-0.2, 0) is 10.0 Å². The van der Waals surface area contributed by atoms with Crippen molar-refractivity contribution in [2.45, 2.75) is 45.1 Å². The average Bonchev–Trinajstić information content (AvgIpc) is 2.87. The maximum Gasteiger partial charge on any atom is 0.241 e. The molecule has 2 N–H and O–H groups in total. The zero-order valence-corrected chi connectivity index (χ0v) is 13.6. The Kier molecular flexibility index (Phi) is 4.49. The maximum absolute atomic E-state index is 12.7. The normalized spacial score (nSPS) is 13.3. The molecular formula is C15H21N3O2S. The van der Waals surface area contributed by atoms with Crippen molar-refractivity contribution < 1.29 is 8.42 Å². The van der Waals surface area contributed by atoms with Gasteiger partial charge >= 0.3 is 0 Å². The predicted molar refractivity (Wildman–Crippen MR) is 82.6 cm³/mol. The van der Waals surface area contributed by atoms with E-state index in [9.17, 15) is 8.42 Å². The number of nitrogens with zero attached hydrogens (tertiary/aromatic N) is 1. The molecule has 1 atom stereocenters. The Hall–Kier alpha value is -1.66. The molecule has 6 heteroatoms. The standard InChI is InChI=1S/C15H21N3O2S/c1-5-13(15-16-6-7-17-15)18-21(19,20)14-11(3)8-10(2)9-12(14)4/h6-9,13,18H,5H2,1-4H3,(H,16,17). The fraction of sp³-hybridized carbons (Fsp3) is 0.400. The van der Waals surface area contributed by atoms with Crippen molar-refractivity contribution in [3.63, 3.8) is 0 Å². The van der Waals surface area contributed by atoms with Crippen LogP contribution in [0.25, 0.3) is 0 Å². The lowest BCUT2D eigenvalue weighted by molar-refractivity contribution is 0.538. The van der Waals surface area contributed by atoms with Crippen LogP contribution >= 0.6 is 0 Å². The van der Waals surface area contributed by atoms with E-state index < -0.39 is 10.0 Å². The Bertz CT molecular complexity index is 698. The molecule has 0 bridgehead atoms. The maximum atomic E-state index is 12.7. The third-order valence-electron chi connectivity index (χ3n) is 3.43. The molecule has 2 aromatic rings. The van der Waals surface area contributed by atoms with Gasteiger partial charge in [0, 0.05) is 12.4 Å². The number of aryl methyl sites for hydroxylation is 3. The molecule has 0 spiro atoms. The zero-order valence-electron chi connectivity index (χ0n) is 12.8. The molecule has 1 heterocycles. The van der Waals surface area contributed by atoms with Gasteiger partial charge in [-0.15, -0.1) is 0 Å². The van der Waals surface area contributed by atoms with Crippen molar-refractivity contribution >= 4 is 10.0 Å². The summed E-state index contributed by atoms with van der Waals surface area (Å²) in [6, 6.07) is 3.41. The SMILES string of the molecule is CCC(NS(=O)(=O)c1c(C)cc(C)cc1C)c1ncc[nH]1. The summed E-state index contributed by atoms with van der Waals surface area (Å²) in [5.41, 5.74) is 2.57. The van der Waals surface area contributed by atoms with Crippen LogP contribution in [0.5, 0.6) is 0 Å². The van der Waals surface area contributed by atoms with E-state index in [4.69, 9.17) is 0 Å². The Balaban J connectivity index is 2.39. The van der Waals surface area contributed by atoms with Crippen LogP contribution in [-0.4, -0.2) is 18.4 Å². The highest BCUT2D eigenvalue weighted by Crippen LogP contribution is 2.24. The Morgan fingerprint density at radius 2 is 1.86 bits per heavy atom. The van der Waals surface area contributed by atoms with Crippen LogP contribution in [0.1, 0.15) is 41.9 Å². The summed E-state index contributed by atoms with van der Waals surface area (Å²) in [4.78, 5) is 7.46. The molecular weight excluding hydrogens is 286 g/mol. The smallest absolute Gasteiger partial charge is 0.241 e. The summed E-state index contributed by atoms with van der Waals surface area (Å²) in [6.45, 7) is 7.52. The van der Waals surface area contributed by atoms with Gasteiger partial charge in [0.1, 0.15) is 5.82 Å². The highest BCUT2D eigenvalue weighted by Gasteiger charge is 2.24. The van der Waals surface area contributed by atoms with Crippen molar-refractivity contribution in [1.29, 1.82) is 0 Å². The molecule has 21 heavy (non-hydrogen) atoms. The third kappa shape index (κ3) is 3.33. The highest BCUT2D eigenvalue weighted by atomic mass is 32.2. The lowest BCUT2D eigenvalue weighted by Gasteiger charge is -2.18. The fourth-order valence-corrected chi connectivity index (χ4v) is 4.37. The van der Waals surface area contributed by atoms with Gasteiger partial charge in [0.15, 0.2) is 0 Å². The molecule has 2 rings (SSSR count). The number of sulfonamides is 1. The highest BCUT2D eigenvalue weighted by molar-refractivity contribution is 7.89. The molecule has 0 aliphatic heterocycles. The minimum Gasteiger partial charge on any atom is -0.347 e. The summed E-state index contributed by atoms with van der Waals surface area (Å²) < 4.78 is 28.1. The fourth-order valence-electron chi connectivity index (χ4n) is 2.64. The molecule has 0 aliphatic rings. The largest absolute Gasteiger partial charge is 0.347 e. The second-order valence-electron chi connectivity index (χ2n) is 5.28. The number of rotatable bonds is 5. The van der Waals surface area contributed by atoms with E-state index in [2.05, 4.69) is 14.7 Å². The van der Waals surface area contributed by atoms with Gasteiger partial charge in [-0.05, 0) is 38.3 Å². The molecule has 1 aromatic carbocycles. The second-order valence-corrected chi connectivity index (χ2v) is 6.94. The van der Waals surface area contributed by atoms with Crippen LogP contribution in [0.4, 0.5) is 0 Å². The lowest BCUT2D eigenvalue weighted by Crippen LogP contribution is -2.30. The zero-order chi connectivity index (χ0) is 15.6. The van der Waals surface area contributed by atoms with E-state index in [1.54, 1.807) is 12.4 Å². The quantitative estimate of drug-likeness (QED) is 0.892. The third-order valence-corrected chi connectivity index (χ3v) is 5.20. The average molecular weight is 307 g/mol. The van der Waals surface area contributed by atoms with Gasteiger partial charge in [-0.1, -0.05) is 24.6 Å². The minimum atomic E-state index is -3.59. The van der Waals surface area contributed by atoms with E-state index in [0.717, 1.165) is 16.7 Å². The second kappa shape index (κ2) is 5.99. The molecule has 0 saturated heterocycles. The molecule has 114 valence electrons. The van der Waals surface area contributed by atoms with Gasteiger partial charge in [-0.3, -0.25) is 0 Å². The first kappa shape index (κ1) is 15.7. The first-order valence-electron chi connectivity index (χ1n) is 6.94. The van der Waals surface area contributed by atoms with Crippen molar-refractivity contribution in [3.05, 3.63) is 47.0 Å². The number of nitrogens with one attached hydrogen (secondary N) is 2. The van der Waals surface area contributed by atoms with Crippen molar-refractivity contribution in [2.24, 2.45) is 0 Å². The number of hydrogen-bond acceptors (Lipinski definition) is 3. The molecule has 5 nitrogen and oxygen atoms in total. The number of benzene rings is 1. The lowest BCUT2D eigenvalue weighted by atomic mass is 10.1. The number of aromatic amines is 1. The Labute approximate surface area is 125 Å². The van der Waals surface area contributed by atoms with Crippen LogP contribution in [0, 0.1) is 20.8 Å². The number of imidazole rings is 1. The topological polar surface area (TPSA) is 74.8 Å². The van der Waals surface area contributed by atoms with Gasteiger partial charge < -0.3 is 4.98 Å². The number of hydrogen-bond donors (Lipinski definition) is 2. The summed E-state index contributed by atoms with van der Waals surface area (Å²) in [5, 5.41) is 0. The van der Waals surface area contributed by atoms with Gasteiger partial charge in [0.25, 0.3) is 0 Å². The van der Waals surface area contributed by atoms with E-state index in [-0.39, 0.29) is 6.04 Å². The number of H-pyrrole nitrogens is 1. The van der Waals surface area contributed by atoms with Crippen LogP contribution in [0.2, 0.25) is 0 Å². The molecule has 0 amide bonds. The summed E-state index contributed by atoms with van der Waals surface area (Å²) in [7, 11) is -3.59. The van der Waals surface area contributed by atoms with E-state index in [1.807, 2.05) is 39.8 Å². The summed E-state index contributed by atoms with van der Waals surface area (Å²) in [6.07, 6.45) is 3.93. The van der Waals surface area contributed by atoms with E-state index >= 15 is 0 Å². The Morgan fingerprint density at radius 1 is 1.24 bits per heavy atom. The van der Waals surface area contributed by atoms with Gasteiger partial charge in [-0.25, -0.2) is 18.1 Å². The van der Waals surface area contributed by atoms with Gasteiger partial charge in [-0.2, -0.15) is 0 Å². The van der Waals surface area contributed by atoms with Crippen LogP contribution < -0.4 is 4.72 Å². The van der Waals surface area contributed by atoms with Crippen molar-refractivity contribution in [3.8, 4) is 0 Å². The van der Waals surface area contributed by atoms with Crippen LogP contribution in [0.15, 0.2) is 29.4 Å². The number of aromatic nitrogens is 2. The summed E-state index contributed by atoms with van der Waals surface area (Å²) in [5.74, 6) is 0.628. The molecule has 0 fully saturated rings. The van der Waals surface area contributed by atoms with Crippen molar-refractivity contribution in [1.82, 2.24) is 14.7 Å². The monoisotopic (exact) mass is 307 g/mol. The molecule has 0 saturated carbocycles. The first-order valence-corrected chi connectivity index (χ1v) is 8.43. The predicted octanol–water partition coefficient (Wildman–Crippen LogP) is 2.76. The Morgan fingerprint density at radius 3 is 2.33 bits per heavy atom. The summed E-state index contributed by atoms with van der Waals surface area (Å²) >= 11 is 0.